The van der Waals surface area contributed by atoms with E-state index in [1.54, 1.807) is 0 Å². The van der Waals surface area contributed by atoms with Crippen LogP contribution in [0.3, 0.4) is 0 Å². The van der Waals surface area contributed by atoms with Crippen LogP contribution >= 0.6 is 11.6 Å². The van der Waals surface area contributed by atoms with Gasteiger partial charge in [0.15, 0.2) is 0 Å². The molecule has 0 aromatic carbocycles. The Kier molecular flexibility index (Phi) is 9.53. The number of hydrogen-bond acceptors (Lipinski definition) is 1. The van der Waals surface area contributed by atoms with Gasteiger partial charge in [-0.15, -0.1) is 11.6 Å². The van der Waals surface area contributed by atoms with Gasteiger partial charge in [-0.05, 0) is 32.6 Å². The normalized spacial score (nSPS) is 13.2. The summed E-state index contributed by atoms with van der Waals surface area (Å²) in [5, 5.41) is 0. The van der Waals surface area contributed by atoms with E-state index in [9.17, 15) is 0 Å². The molecule has 0 spiro atoms. The summed E-state index contributed by atoms with van der Waals surface area (Å²) in [6.07, 6.45) is 6.29. The molecule has 0 aliphatic heterocycles. The average molecular weight is 193 g/mol. The second kappa shape index (κ2) is 9.34. The minimum absolute atomic E-state index is 0.436. The molecule has 0 rings (SSSR count). The fourth-order valence-electron chi connectivity index (χ4n) is 1.15. The molecule has 0 bridgehead atoms. The molecule has 1 unspecified atom stereocenters. The van der Waals surface area contributed by atoms with Gasteiger partial charge in [0.2, 0.25) is 0 Å². The Morgan fingerprint density at radius 1 is 1.25 bits per heavy atom. The van der Waals surface area contributed by atoms with Crippen LogP contribution in [0.5, 0.6) is 0 Å². The SMILES string of the molecule is CCCC(C)OCCCCCCl. The van der Waals surface area contributed by atoms with Gasteiger partial charge in [-0.3, -0.25) is 0 Å². The molecule has 0 aliphatic carbocycles. The van der Waals surface area contributed by atoms with Gasteiger partial charge >= 0.3 is 0 Å². The van der Waals surface area contributed by atoms with Crippen LogP contribution in [0, 0.1) is 0 Å². The first-order chi connectivity index (χ1) is 5.81. The van der Waals surface area contributed by atoms with Crippen molar-refractivity contribution in [3.63, 3.8) is 0 Å². The van der Waals surface area contributed by atoms with Crippen LogP contribution in [0.25, 0.3) is 0 Å². The third-order valence-electron chi connectivity index (χ3n) is 1.88. The Hall–Kier alpha value is 0.250. The lowest BCUT2D eigenvalue weighted by molar-refractivity contribution is 0.0573. The minimum Gasteiger partial charge on any atom is -0.379 e. The summed E-state index contributed by atoms with van der Waals surface area (Å²) in [5.41, 5.74) is 0. The van der Waals surface area contributed by atoms with Gasteiger partial charge in [0.25, 0.3) is 0 Å². The summed E-state index contributed by atoms with van der Waals surface area (Å²) in [4.78, 5) is 0. The van der Waals surface area contributed by atoms with Crippen LogP contribution in [0.1, 0.15) is 46.0 Å². The fraction of sp³-hybridized carbons (Fsp3) is 1.00. The van der Waals surface area contributed by atoms with E-state index >= 15 is 0 Å². The minimum atomic E-state index is 0.436. The fourth-order valence-corrected chi connectivity index (χ4v) is 1.34. The van der Waals surface area contributed by atoms with Gasteiger partial charge in [0.05, 0.1) is 6.10 Å². The molecular weight excluding hydrogens is 172 g/mol. The molecule has 1 atom stereocenters. The summed E-state index contributed by atoms with van der Waals surface area (Å²) in [6, 6.07) is 0. The van der Waals surface area contributed by atoms with Gasteiger partial charge in [-0.2, -0.15) is 0 Å². The highest BCUT2D eigenvalue weighted by Crippen LogP contribution is 2.03. The predicted molar refractivity (Wildman–Crippen MR) is 54.9 cm³/mol. The molecule has 0 amide bonds. The summed E-state index contributed by atoms with van der Waals surface area (Å²) in [7, 11) is 0. The Labute approximate surface area is 81.4 Å². The molecule has 74 valence electrons. The first-order valence-corrected chi connectivity index (χ1v) is 5.52. The number of unbranched alkanes of at least 4 members (excludes halogenated alkanes) is 2. The van der Waals surface area contributed by atoms with Crippen molar-refractivity contribution in [3.05, 3.63) is 0 Å². The van der Waals surface area contributed by atoms with E-state index in [1.807, 2.05) is 0 Å². The molecule has 0 saturated heterocycles. The molecular formula is C10H21ClO. The van der Waals surface area contributed by atoms with E-state index in [0.29, 0.717) is 6.10 Å². The van der Waals surface area contributed by atoms with E-state index in [2.05, 4.69) is 13.8 Å². The van der Waals surface area contributed by atoms with Crippen molar-refractivity contribution >= 4 is 11.6 Å². The predicted octanol–water partition coefficient (Wildman–Crippen LogP) is 3.60. The molecule has 0 radical (unpaired) electrons. The lowest BCUT2D eigenvalue weighted by atomic mass is 10.2. The highest BCUT2D eigenvalue weighted by molar-refractivity contribution is 6.17. The first-order valence-electron chi connectivity index (χ1n) is 4.98. The van der Waals surface area contributed by atoms with E-state index in [1.165, 1.54) is 19.3 Å². The highest BCUT2D eigenvalue weighted by Gasteiger charge is 1.98. The molecule has 0 aromatic heterocycles. The lowest BCUT2D eigenvalue weighted by Gasteiger charge is -2.11. The van der Waals surface area contributed by atoms with Crippen LogP contribution in [0.2, 0.25) is 0 Å². The van der Waals surface area contributed by atoms with Gasteiger partial charge in [0.1, 0.15) is 0 Å². The van der Waals surface area contributed by atoms with Gasteiger partial charge in [-0.1, -0.05) is 13.3 Å². The van der Waals surface area contributed by atoms with E-state index in [4.69, 9.17) is 16.3 Å². The maximum Gasteiger partial charge on any atom is 0.0546 e. The zero-order valence-electron chi connectivity index (χ0n) is 8.31. The zero-order chi connectivity index (χ0) is 9.23. The third kappa shape index (κ3) is 8.35. The van der Waals surface area contributed by atoms with Crippen LogP contribution in [-0.2, 0) is 4.74 Å². The van der Waals surface area contributed by atoms with Gasteiger partial charge in [-0.25, -0.2) is 0 Å². The van der Waals surface area contributed by atoms with Crippen molar-refractivity contribution in [2.45, 2.75) is 52.1 Å². The molecule has 0 aliphatic rings. The van der Waals surface area contributed by atoms with Crippen LogP contribution in [-0.4, -0.2) is 18.6 Å². The van der Waals surface area contributed by atoms with Crippen LogP contribution in [0.4, 0.5) is 0 Å². The molecule has 0 N–H and O–H groups in total. The average Bonchev–Trinajstić information content (AvgIpc) is 2.05. The van der Waals surface area contributed by atoms with Crippen molar-refractivity contribution < 1.29 is 4.74 Å². The molecule has 12 heavy (non-hydrogen) atoms. The van der Waals surface area contributed by atoms with E-state index in [0.717, 1.165) is 25.3 Å². The summed E-state index contributed by atoms with van der Waals surface area (Å²) in [6.45, 7) is 5.23. The zero-order valence-corrected chi connectivity index (χ0v) is 9.07. The smallest absolute Gasteiger partial charge is 0.0546 e. The topological polar surface area (TPSA) is 9.23 Å². The van der Waals surface area contributed by atoms with Crippen LogP contribution in [0.15, 0.2) is 0 Å². The number of halogens is 1. The molecule has 0 heterocycles. The maximum atomic E-state index is 5.59. The molecule has 1 nitrogen and oxygen atoms in total. The van der Waals surface area contributed by atoms with Crippen molar-refractivity contribution in [2.24, 2.45) is 0 Å². The molecule has 0 fully saturated rings. The summed E-state index contributed by atoms with van der Waals surface area (Å²) in [5.74, 6) is 0.782. The highest BCUT2D eigenvalue weighted by atomic mass is 35.5. The second-order valence-electron chi connectivity index (χ2n) is 3.22. The summed E-state index contributed by atoms with van der Waals surface area (Å²) < 4.78 is 5.59. The molecule has 2 heteroatoms. The quantitative estimate of drug-likeness (QED) is 0.422. The molecule has 0 aromatic rings. The van der Waals surface area contributed by atoms with Crippen molar-refractivity contribution in [1.29, 1.82) is 0 Å². The Balaban J connectivity index is 2.97. The Bertz CT molecular complexity index is 85.9. The van der Waals surface area contributed by atoms with Gasteiger partial charge in [0, 0.05) is 12.5 Å². The standard InChI is InChI=1S/C10H21ClO/c1-3-7-10(2)12-9-6-4-5-8-11/h10H,3-9H2,1-2H3. The second-order valence-corrected chi connectivity index (χ2v) is 3.60. The lowest BCUT2D eigenvalue weighted by Crippen LogP contribution is -2.08. The van der Waals surface area contributed by atoms with Crippen molar-refractivity contribution in [3.8, 4) is 0 Å². The van der Waals surface area contributed by atoms with Crippen molar-refractivity contribution in [1.82, 2.24) is 0 Å². The number of alkyl halides is 1. The first kappa shape index (κ1) is 12.2. The van der Waals surface area contributed by atoms with E-state index in [-0.39, 0.29) is 0 Å². The number of hydrogen-bond donors (Lipinski definition) is 0. The summed E-state index contributed by atoms with van der Waals surface area (Å²) >= 11 is 5.55. The Morgan fingerprint density at radius 2 is 2.00 bits per heavy atom. The third-order valence-corrected chi connectivity index (χ3v) is 2.14. The monoisotopic (exact) mass is 192 g/mol. The van der Waals surface area contributed by atoms with E-state index < -0.39 is 0 Å². The van der Waals surface area contributed by atoms with Crippen LogP contribution < -0.4 is 0 Å². The largest absolute Gasteiger partial charge is 0.379 e. The van der Waals surface area contributed by atoms with Crippen molar-refractivity contribution in [2.75, 3.05) is 12.5 Å². The Morgan fingerprint density at radius 3 is 2.58 bits per heavy atom. The number of rotatable bonds is 8. The number of ether oxygens (including phenoxy) is 1. The van der Waals surface area contributed by atoms with Gasteiger partial charge < -0.3 is 4.74 Å². The molecule has 0 saturated carbocycles. The maximum absolute atomic E-state index is 5.59.